The summed E-state index contributed by atoms with van der Waals surface area (Å²) in [7, 11) is 1.58. The molecule has 5 rings (SSSR count). The molecule has 1 saturated heterocycles. The van der Waals surface area contributed by atoms with Crippen LogP contribution < -0.4 is 18.9 Å². The van der Waals surface area contributed by atoms with Crippen LogP contribution in [0, 0.1) is 0 Å². The number of fused-ring (bicyclic) bond motifs is 1. The lowest BCUT2D eigenvalue weighted by molar-refractivity contribution is -0.140. The molecular weight excluding hydrogens is 526 g/mol. The maximum atomic E-state index is 13.4. The van der Waals surface area contributed by atoms with Gasteiger partial charge in [-0.3, -0.25) is 9.59 Å². The first-order valence-electron chi connectivity index (χ1n) is 13.6. The summed E-state index contributed by atoms with van der Waals surface area (Å²) in [5.74, 6) is 0.281. The number of carbonyl (C=O) groups is 2. The Kier molecular flexibility index (Phi) is 8.74. The molecule has 0 bridgehead atoms. The van der Waals surface area contributed by atoms with Gasteiger partial charge in [0.25, 0.3) is 11.7 Å². The zero-order valence-electron chi connectivity index (χ0n) is 23.1. The molecule has 2 aliphatic heterocycles. The molecule has 9 heteroatoms. The number of Topliss-reactive ketones (excluding diaryl/α,β-unsaturated/α-hetero) is 1. The summed E-state index contributed by atoms with van der Waals surface area (Å²) in [6.45, 7) is 4.08. The number of hydrogen-bond acceptors (Lipinski definition) is 8. The highest BCUT2D eigenvalue weighted by Crippen LogP contribution is 2.43. The van der Waals surface area contributed by atoms with E-state index in [2.05, 4.69) is 0 Å². The number of aliphatic hydroxyl groups excluding tert-OH is 1. The molecule has 0 aromatic heterocycles. The van der Waals surface area contributed by atoms with Crippen molar-refractivity contribution in [1.82, 2.24) is 4.90 Å². The highest BCUT2D eigenvalue weighted by atomic mass is 16.6. The van der Waals surface area contributed by atoms with Gasteiger partial charge in [0.05, 0.1) is 18.2 Å². The summed E-state index contributed by atoms with van der Waals surface area (Å²) in [4.78, 5) is 28.2. The SMILES string of the molecule is CCOc1cc(C2/C(=C(\O)c3ccc4c(c3)OCCO4)C(=O)C(=O)N2CCCOC)ccc1OCc1ccccc1. The summed E-state index contributed by atoms with van der Waals surface area (Å²) in [5.41, 5.74) is 1.95. The first-order chi connectivity index (χ1) is 20.0. The monoisotopic (exact) mass is 559 g/mol. The summed E-state index contributed by atoms with van der Waals surface area (Å²) >= 11 is 0. The zero-order valence-corrected chi connectivity index (χ0v) is 23.1. The molecule has 3 aromatic rings. The summed E-state index contributed by atoms with van der Waals surface area (Å²) in [6, 6.07) is 19.2. The summed E-state index contributed by atoms with van der Waals surface area (Å²) < 4.78 is 28.4. The van der Waals surface area contributed by atoms with Crippen molar-refractivity contribution >= 4 is 17.4 Å². The van der Waals surface area contributed by atoms with Crippen molar-refractivity contribution in [3.05, 3.63) is 89.0 Å². The Morgan fingerprint density at radius 3 is 2.49 bits per heavy atom. The Bertz CT molecular complexity index is 1430. The second-order valence-electron chi connectivity index (χ2n) is 9.61. The van der Waals surface area contributed by atoms with Crippen LogP contribution >= 0.6 is 0 Å². The number of ether oxygens (including phenoxy) is 5. The molecule has 1 fully saturated rings. The van der Waals surface area contributed by atoms with Crippen molar-refractivity contribution < 1.29 is 38.4 Å². The molecular formula is C32H33NO8. The van der Waals surface area contributed by atoms with Gasteiger partial charge in [-0.1, -0.05) is 36.4 Å². The molecule has 214 valence electrons. The third-order valence-electron chi connectivity index (χ3n) is 6.92. The molecule has 0 radical (unpaired) electrons. The smallest absolute Gasteiger partial charge is 0.295 e. The number of carbonyl (C=O) groups excluding carboxylic acids is 2. The topological polar surface area (TPSA) is 104 Å². The second-order valence-corrected chi connectivity index (χ2v) is 9.61. The number of hydrogen-bond donors (Lipinski definition) is 1. The molecule has 41 heavy (non-hydrogen) atoms. The van der Waals surface area contributed by atoms with Crippen LogP contribution in [0.25, 0.3) is 5.76 Å². The molecule has 3 aromatic carbocycles. The minimum atomic E-state index is -0.845. The van der Waals surface area contributed by atoms with E-state index in [4.69, 9.17) is 23.7 Å². The van der Waals surface area contributed by atoms with Gasteiger partial charge in [-0.15, -0.1) is 0 Å². The van der Waals surface area contributed by atoms with E-state index in [1.165, 1.54) is 4.90 Å². The summed E-state index contributed by atoms with van der Waals surface area (Å²) in [6.07, 6.45) is 0.515. The predicted molar refractivity (Wildman–Crippen MR) is 151 cm³/mol. The molecule has 1 amide bonds. The van der Waals surface area contributed by atoms with Crippen LogP contribution in [0.1, 0.15) is 36.1 Å². The Morgan fingerprint density at radius 1 is 0.951 bits per heavy atom. The molecule has 1 N–H and O–H groups in total. The first-order valence-corrected chi connectivity index (χ1v) is 13.6. The third-order valence-corrected chi connectivity index (χ3v) is 6.92. The first kappa shape index (κ1) is 28.0. The van der Waals surface area contributed by atoms with E-state index in [1.807, 2.05) is 37.3 Å². The quantitative estimate of drug-likeness (QED) is 0.153. The predicted octanol–water partition coefficient (Wildman–Crippen LogP) is 4.89. The van der Waals surface area contributed by atoms with E-state index in [1.54, 1.807) is 43.5 Å². The van der Waals surface area contributed by atoms with Crippen molar-refractivity contribution in [2.45, 2.75) is 26.0 Å². The van der Waals surface area contributed by atoms with E-state index >= 15 is 0 Å². The third kappa shape index (κ3) is 6.00. The maximum absolute atomic E-state index is 13.4. The number of rotatable bonds is 11. The zero-order chi connectivity index (χ0) is 28.8. The number of benzene rings is 3. The molecule has 1 atom stereocenters. The fraction of sp³-hybridized carbons (Fsp3) is 0.312. The van der Waals surface area contributed by atoms with Gasteiger partial charge in [-0.2, -0.15) is 0 Å². The lowest BCUT2D eigenvalue weighted by Crippen LogP contribution is -2.31. The van der Waals surface area contributed by atoms with Crippen molar-refractivity contribution in [2.75, 3.05) is 40.1 Å². The highest BCUT2D eigenvalue weighted by molar-refractivity contribution is 6.46. The van der Waals surface area contributed by atoms with Crippen LogP contribution in [-0.2, 0) is 20.9 Å². The number of ketones is 1. The molecule has 2 heterocycles. The van der Waals surface area contributed by atoms with Gasteiger partial charge in [0.15, 0.2) is 23.0 Å². The number of likely N-dealkylation sites (tertiary alicyclic amines) is 1. The van der Waals surface area contributed by atoms with Crippen LogP contribution in [0.3, 0.4) is 0 Å². The highest BCUT2D eigenvalue weighted by Gasteiger charge is 2.46. The average Bonchev–Trinajstić information content (AvgIpc) is 3.25. The Hall–Kier alpha value is -4.50. The van der Waals surface area contributed by atoms with E-state index in [0.29, 0.717) is 73.6 Å². The van der Waals surface area contributed by atoms with Crippen LogP contribution in [0.4, 0.5) is 0 Å². The van der Waals surface area contributed by atoms with Crippen molar-refractivity contribution in [3.63, 3.8) is 0 Å². The Morgan fingerprint density at radius 2 is 1.73 bits per heavy atom. The van der Waals surface area contributed by atoms with Gasteiger partial charge >= 0.3 is 0 Å². The van der Waals surface area contributed by atoms with Crippen molar-refractivity contribution in [2.24, 2.45) is 0 Å². The van der Waals surface area contributed by atoms with Gasteiger partial charge in [0.2, 0.25) is 0 Å². The van der Waals surface area contributed by atoms with Gasteiger partial charge < -0.3 is 33.7 Å². The van der Waals surface area contributed by atoms with E-state index < -0.39 is 17.7 Å². The van der Waals surface area contributed by atoms with Crippen LogP contribution in [0.5, 0.6) is 23.0 Å². The fourth-order valence-electron chi connectivity index (χ4n) is 5.00. The minimum Gasteiger partial charge on any atom is -0.507 e. The fourth-order valence-corrected chi connectivity index (χ4v) is 5.00. The van der Waals surface area contributed by atoms with Crippen LogP contribution in [0.15, 0.2) is 72.3 Å². The van der Waals surface area contributed by atoms with Crippen molar-refractivity contribution in [3.8, 4) is 23.0 Å². The molecule has 1 unspecified atom stereocenters. The minimum absolute atomic E-state index is 0.00972. The van der Waals surface area contributed by atoms with Crippen LogP contribution in [-0.4, -0.2) is 61.8 Å². The average molecular weight is 560 g/mol. The van der Waals surface area contributed by atoms with Gasteiger partial charge in [0.1, 0.15) is 25.6 Å². The van der Waals surface area contributed by atoms with E-state index in [0.717, 1.165) is 5.56 Å². The number of methoxy groups -OCH3 is 1. The van der Waals surface area contributed by atoms with Gasteiger partial charge in [-0.25, -0.2) is 0 Å². The maximum Gasteiger partial charge on any atom is 0.295 e. The molecule has 0 spiro atoms. The largest absolute Gasteiger partial charge is 0.507 e. The molecule has 9 nitrogen and oxygen atoms in total. The number of amides is 1. The number of nitrogens with zero attached hydrogens (tertiary/aromatic N) is 1. The van der Waals surface area contributed by atoms with E-state index in [9.17, 15) is 14.7 Å². The molecule has 0 aliphatic carbocycles. The lowest BCUT2D eigenvalue weighted by atomic mass is 9.94. The van der Waals surface area contributed by atoms with Gasteiger partial charge in [-0.05, 0) is 54.8 Å². The molecule has 0 saturated carbocycles. The summed E-state index contributed by atoms with van der Waals surface area (Å²) in [5, 5.41) is 11.5. The normalized spacial score (nSPS) is 17.5. The second kappa shape index (κ2) is 12.8. The molecule has 2 aliphatic rings. The van der Waals surface area contributed by atoms with E-state index in [-0.39, 0.29) is 17.9 Å². The Labute approximate surface area is 238 Å². The Balaban J connectivity index is 1.55. The number of aliphatic hydroxyl groups is 1. The van der Waals surface area contributed by atoms with Gasteiger partial charge in [0, 0.05) is 25.8 Å². The van der Waals surface area contributed by atoms with Crippen molar-refractivity contribution in [1.29, 1.82) is 0 Å². The standard InChI is InChI=1S/C32H33NO8/c1-3-38-26-18-22(10-12-25(26)41-20-21-8-5-4-6-9-21)29-28(31(35)32(36)33(29)14-7-15-37-2)30(34)23-11-13-24-27(19-23)40-17-16-39-24/h4-6,8-13,18-19,29,34H,3,7,14-17,20H2,1-2H3/b30-28+. The lowest BCUT2D eigenvalue weighted by Gasteiger charge is -2.26. The van der Waals surface area contributed by atoms with Crippen LogP contribution in [0.2, 0.25) is 0 Å².